The molecule has 1 aromatic carbocycles. The van der Waals surface area contributed by atoms with Crippen molar-refractivity contribution in [2.24, 2.45) is 0 Å². The van der Waals surface area contributed by atoms with E-state index in [1.165, 1.54) is 0 Å². The highest BCUT2D eigenvalue weighted by Crippen LogP contribution is 2.37. The Morgan fingerprint density at radius 1 is 1.40 bits per heavy atom. The van der Waals surface area contributed by atoms with Crippen LogP contribution in [0.25, 0.3) is 11.3 Å². The van der Waals surface area contributed by atoms with E-state index in [1.807, 2.05) is 19.1 Å². The molecule has 0 spiro atoms. The van der Waals surface area contributed by atoms with Gasteiger partial charge in [-0.3, -0.25) is 4.79 Å². The lowest BCUT2D eigenvalue weighted by atomic mass is 10.1. The van der Waals surface area contributed by atoms with Gasteiger partial charge in [0.15, 0.2) is 17.8 Å². The molecule has 3 rings (SSSR count). The third-order valence-corrected chi connectivity index (χ3v) is 3.23. The van der Waals surface area contributed by atoms with Crippen LogP contribution in [0.3, 0.4) is 0 Å². The fraction of sp³-hybridized carbons (Fsp3) is 0.286. The average Bonchev–Trinajstić information content (AvgIpc) is 3.03. The lowest BCUT2D eigenvalue weighted by Crippen LogP contribution is -2.04. The molecule has 104 valence electrons. The lowest BCUT2D eigenvalue weighted by Gasteiger charge is -2.01. The molecule has 0 atom stereocenters. The summed E-state index contributed by atoms with van der Waals surface area (Å²) in [6.45, 7) is 2.92. The molecular formula is C14H15N3O3. The van der Waals surface area contributed by atoms with Crippen LogP contribution in [0.2, 0.25) is 0 Å². The van der Waals surface area contributed by atoms with Crippen molar-refractivity contribution in [3.8, 4) is 22.8 Å². The van der Waals surface area contributed by atoms with Crippen LogP contribution in [0.5, 0.6) is 11.5 Å². The monoisotopic (exact) mass is 273 g/mol. The molecule has 6 nitrogen and oxygen atoms in total. The molecule has 0 amide bonds. The summed E-state index contributed by atoms with van der Waals surface area (Å²) in [6, 6.07) is 5.47. The Labute approximate surface area is 116 Å². The molecule has 0 radical (unpaired) electrons. The number of anilines is 1. The molecule has 2 aromatic rings. The van der Waals surface area contributed by atoms with Crippen LogP contribution in [-0.4, -0.2) is 22.9 Å². The summed E-state index contributed by atoms with van der Waals surface area (Å²) in [5.74, 6) is 1.75. The SMILES string of the molecule is CCCn1nc(-c2ccc3c(c2)OCO3)c(C=O)c1N. The van der Waals surface area contributed by atoms with Gasteiger partial charge in [0.1, 0.15) is 11.5 Å². The fourth-order valence-corrected chi connectivity index (χ4v) is 2.24. The second-order valence-corrected chi connectivity index (χ2v) is 4.56. The number of rotatable bonds is 4. The smallest absolute Gasteiger partial charge is 0.231 e. The number of hydrogen-bond acceptors (Lipinski definition) is 5. The molecule has 20 heavy (non-hydrogen) atoms. The topological polar surface area (TPSA) is 79.4 Å². The number of ether oxygens (including phenoxy) is 2. The number of fused-ring (bicyclic) bond motifs is 1. The van der Waals surface area contributed by atoms with Gasteiger partial charge < -0.3 is 15.2 Å². The highest BCUT2D eigenvalue weighted by atomic mass is 16.7. The molecule has 0 fully saturated rings. The normalized spacial score (nSPS) is 12.7. The van der Waals surface area contributed by atoms with Crippen LogP contribution < -0.4 is 15.2 Å². The summed E-state index contributed by atoms with van der Waals surface area (Å²) < 4.78 is 12.3. The molecule has 1 aliphatic heterocycles. The summed E-state index contributed by atoms with van der Waals surface area (Å²) in [4.78, 5) is 11.3. The molecule has 0 saturated carbocycles. The number of carbonyl (C=O) groups is 1. The predicted molar refractivity (Wildman–Crippen MR) is 73.9 cm³/mol. The zero-order valence-corrected chi connectivity index (χ0v) is 11.1. The molecule has 0 bridgehead atoms. The number of aryl methyl sites for hydroxylation is 1. The van der Waals surface area contributed by atoms with Gasteiger partial charge in [0, 0.05) is 12.1 Å². The van der Waals surface area contributed by atoms with Gasteiger partial charge in [-0.1, -0.05) is 6.92 Å². The molecule has 0 unspecified atom stereocenters. The van der Waals surface area contributed by atoms with Gasteiger partial charge in [0.2, 0.25) is 6.79 Å². The van der Waals surface area contributed by atoms with Crippen molar-refractivity contribution in [3.05, 3.63) is 23.8 Å². The van der Waals surface area contributed by atoms with E-state index in [0.29, 0.717) is 35.1 Å². The number of hydrogen-bond donors (Lipinski definition) is 1. The maximum atomic E-state index is 11.3. The van der Waals surface area contributed by atoms with Crippen molar-refractivity contribution in [2.45, 2.75) is 19.9 Å². The number of nitrogen functional groups attached to an aromatic ring is 1. The van der Waals surface area contributed by atoms with Crippen molar-refractivity contribution in [1.29, 1.82) is 0 Å². The Balaban J connectivity index is 2.09. The highest BCUT2D eigenvalue weighted by molar-refractivity contribution is 5.91. The summed E-state index contributed by atoms with van der Waals surface area (Å²) >= 11 is 0. The van der Waals surface area contributed by atoms with Gasteiger partial charge >= 0.3 is 0 Å². The lowest BCUT2D eigenvalue weighted by molar-refractivity contribution is 0.112. The third-order valence-electron chi connectivity index (χ3n) is 3.23. The molecule has 6 heteroatoms. The first kappa shape index (κ1) is 12.5. The molecule has 0 aliphatic carbocycles. The fourth-order valence-electron chi connectivity index (χ4n) is 2.24. The Kier molecular flexibility index (Phi) is 3.06. The quantitative estimate of drug-likeness (QED) is 0.863. The van der Waals surface area contributed by atoms with Crippen LogP contribution in [0.1, 0.15) is 23.7 Å². The standard InChI is InChI=1S/C14H15N3O3/c1-2-5-17-14(15)10(7-18)13(16-17)9-3-4-11-12(6-9)20-8-19-11/h3-4,6-7H,2,5,8,15H2,1H3. The van der Waals surface area contributed by atoms with E-state index in [9.17, 15) is 4.79 Å². The number of nitrogens with zero attached hydrogens (tertiary/aromatic N) is 2. The van der Waals surface area contributed by atoms with E-state index >= 15 is 0 Å². The van der Waals surface area contributed by atoms with Gasteiger partial charge in [-0.25, -0.2) is 4.68 Å². The molecule has 1 aromatic heterocycles. The molecule has 2 heterocycles. The highest BCUT2D eigenvalue weighted by Gasteiger charge is 2.19. The van der Waals surface area contributed by atoms with Gasteiger partial charge in [0.25, 0.3) is 0 Å². The van der Waals surface area contributed by atoms with Crippen LogP contribution in [-0.2, 0) is 6.54 Å². The van der Waals surface area contributed by atoms with E-state index in [2.05, 4.69) is 5.10 Å². The first-order chi connectivity index (χ1) is 9.74. The number of carbonyl (C=O) groups excluding carboxylic acids is 1. The maximum absolute atomic E-state index is 11.3. The molecular weight excluding hydrogens is 258 g/mol. The number of aromatic nitrogens is 2. The average molecular weight is 273 g/mol. The first-order valence-electron chi connectivity index (χ1n) is 6.46. The van der Waals surface area contributed by atoms with E-state index < -0.39 is 0 Å². The second-order valence-electron chi connectivity index (χ2n) is 4.56. The number of benzene rings is 1. The van der Waals surface area contributed by atoms with Crippen LogP contribution in [0.4, 0.5) is 5.82 Å². The first-order valence-corrected chi connectivity index (χ1v) is 6.46. The Morgan fingerprint density at radius 2 is 2.20 bits per heavy atom. The maximum Gasteiger partial charge on any atom is 0.231 e. The summed E-state index contributed by atoms with van der Waals surface area (Å²) in [6.07, 6.45) is 1.64. The number of aldehydes is 1. The zero-order valence-electron chi connectivity index (χ0n) is 11.1. The Bertz CT molecular complexity index is 664. The molecule has 1 aliphatic rings. The van der Waals surface area contributed by atoms with Crippen molar-refractivity contribution >= 4 is 12.1 Å². The van der Waals surface area contributed by atoms with Crippen molar-refractivity contribution in [1.82, 2.24) is 9.78 Å². The van der Waals surface area contributed by atoms with Gasteiger partial charge in [-0.05, 0) is 24.6 Å². The van der Waals surface area contributed by atoms with Crippen molar-refractivity contribution in [3.63, 3.8) is 0 Å². The largest absolute Gasteiger partial charge is 0.454 e. The van der Waals surface area contributed by atoms with E-state index in [1.54, 1.807) is 10.7 Å². The summed E-state index contributed by atoms with van der Waals surface area (Å²) in [5, 5.41) is 4.43. The van der Waals surface area contributed by atoms with Gasteiger partial charge in [0.05, 0.1) is 5.56 Å². The van der Waals surface area contributed by atoms with Crippen LogP contribution in [0.15, 0.2) is 18.2 Å². The van der Waals surface area contributed by atoms with Crippen LogP contribution >= 0.6 is 0 Å². The van der Waals surface area contributed by atoms with E-state index in [4.69, 9.17) is 15.2 Å². The number of nitrogens with two attached hydrogens (primary N) is 1. The summed E-state index contributed by atoms with van der Waals surface area (Å²) in [7, 11) is 0. The van der Waals surface area contributed by atoms with Crippen LogP contribution in [0, 0.1) is 0 Å². The Hall–Kier alpha value is -2.50. The minimum absolute atomic E-state index is 0.214. The second kappa shape index (κ2) is 4.88. The zero-order chi connectivity index (χ0) is 14.1. The van der Waals surface area contributed by atoms with Crippen molar-refractivity contribution in [2.75, 3.05) is 12.5 Å². The Morgan fingerprint density at radius 3 is 2.95 bits per heavy atom. The molecule has 2 N–H and O–H groups in total. The van der Waals surface area contributed by atoms with Gasteiger partial charge in [-0.2, -0.15) is 5.10 Å². The van der Waals surface area contributed by atoms with E-state index in [-0.39, 0.29) is 6.79 Å². The minimum Gasteiger partial charge on any atom is -0.454 e. The summed E-state index contributed by atoms with van der Waals surface area (Å²) in [5.41, 5.74) is 7.74. The predicted octanol–water partition coefficient (Wildman–Crippen LogP) is 2.08. The third kappa shape index (κ3) is 1.89. The van der Waals surface area contributed by atoms with E-state index in [0.717, 1.165) is 18.3 Å². The van der Waals surface area contributed by atoms with Gasteiger partial charge in [-0.15, -0.1) is 0 Å². The minimum atomic E-state index is 0.214. The van der Waals surface area contributed by atoms with Crippen molar-refractivity contribution < 1.29 is 14.3 Å². The molecule has 0 saturated heterocycles.